The zero-order valence-electron chi connectivity index (χ0n) is 49.6. The topological polar surface area (TPSA) is 78.9 Å². The van der Waals surface area contributed by atoms with Crippen LogP contribution in [0.3, 0.4) is 0 Å². The molecular weight excluding hydrogens is 925 g/mol. The largest absolute Gasteiger partial charge is 0.462 e. The third-order valence-corrected chi connectivity index (χ3v) is 13.9. The van der Waals surface area contributed by atoms with E-state index in [1.54, 1.807) is 0 Å². The van der Waals surface area contributed by atoms with Crippen molar-refractivity contribution in [1.29, 1.82) is 0 Å². The molecule has 0 aliphatic rings. The number of esters is 3. The smallest absolute Gasteiger partial charge is 0.306 e. The maximum absolute atomic E-state index is 12.9. The molecule has 0 radical (unpaired) electrons. The maximum Gasteiger partial charge on any atom is 0.306 e. The first-order chi connectivity index (χ1) is 37.0. The van der Waals surface area contributed by atoms with Gasteiger partial charge in [-0.2, -0.15) is 0 Å². The summed E-state index contributed by atoms with van der Waals surface area (Å²) in [5.41, 5.74) is 0. The average Bonchev–Trinajstić information content (AvgIpc) is 3.41. The molecule has 0 bridgehead atoms. The molecule has 0 amide bonds. The van der Waals surface area contributed by atoms with Gasteiger partial charge in [0.05, 0.1) is 0 Å². The molecule has 0 N–H and O–H groups in total. The molecule has 0 fully saturated rings. The average molecular weight is 1050 g/mol. The summed E-state index contributed by atoms with van der Waals surface area (Å²) in [6, 6.07) is 0. The van der Waals surface area contributed by atoms with Gasteiger partial charge in [-0.3, -0.25) is 14.4 Å². The zero-order valence-corrected chi connectivity index (χ0v) is 49.6. The maximum atomic E-state index is 12.9. The van der Waals surface area contributed by atoms with Gasteiger partial charge < -0.3 is 14.2 Å². The molecule has 0 heterocycles. The third-order valence-electron chi connectivity index (χ3n) is 13.9. The molecule has 0 aromatic carbocycles. The number of unbranched alkanes of at least 4 members (excludes halogenated alkanes) is 33. The van der Waals surface area contributed by atoms with Crippen LogP contribution < -0.4 is 0 Å². The van der Waals surface area contributed by atoms with E-state index in [-0.39, 0.29) is 37.5 Å². The summed E-state index contributed by atoms with van der Waals surface area (Å²) >= 11 is 0. The summed E-state index contributed by atoms with van der Waals surface area (Å²) in [6.45, 7) is 6.51. The van der Waals surface area contributed by atoms with Gasteiger partial charge in [0.15, 0.2) is 6.10 Å². The molecule has 1 unspecified atom stereocenters. The fraction of sp³-hybridized carbons (Fsp3) is 0.754. The van der Waals surface area contributed by atoms with E-state index in [0.717, 1.165) is 96.3 Å². The van der Waals surface area contributed by atoms with Crippen molar-refractivity contribution in [2.24, 2.45) is 0 Å². The fourth-order valence-electron chi connectivity index (χ4n) is 9.09. The highest BCUT2D eigenvalue weighted by Gasteiger charge is 2.19. The fourth-order valence-corrected chi connectivity index (χ4v) is 9.09. The molecule has 0 spiro atoms. The van der Waals surface area contributed by atoms with Gasteiger partial charge >= 0.3 is 17.9 Å². The van der Waals surface area contributed by atoms with E-state index in [9.17, 15) is 14.4 Å². The number of allylic oxidation sites excluding steroid dienone is 14. The van der Waals surface area contributed by atoms with E-state index >= 15 is 0 Å². The van der Waals surface area contributed by atoms with Gasteiger partial charge in [-0.15, -0.1) is 0 Å². The van der Waals surface area contributed by atoms with Gasteiger partial charge in [0.1, 0.15) is 13.2 Å². The van der Waals surface area contributed by atoms with E-state index < -0.39 is 6.10 Å². The van der Waals surface area contributed by atoms with E-state index in [1.165, 1.54) is 173 Å². The van der Waals surface area contributed by atoms with Crippen molar-refractivity contribution in [3.05, 3.63) is 85.1 Å². The highest BCUT2D eigenvalue weighted by atomic mass is 16.6. The first-order valence-corrected chi connectivity index (χ1v) is 32.1. The number of hydrogen-bond acceptors (Lipinski definition) is 6. The van der Waals surface area contributed by atoms with Crippen LogP contribution in [-0.2, 0) is 28.6 Å². The minimum absolute atomic E-state index is 0.0942. The Morgan fingerprint density at radius 1 is 0.280 bits per heavy atom. The third kappa shape index (κ3) is 61.3. The van der Waals surface area contributed by atoms with Gasteiger partial charge in [-0.05, 0) is 96.3 Å². The second-order valence-electron chi connectivity index (χ2n) is 21.3. The van der Waals surface area contributed by atoms with Crippen LogP contribution in [0.1, 0.15) is 316 Å². The normalized spacial score (nSPS) is 12.6. The Morgan fingerprint density at radius 3 is 0.853 bits per heavy atom. The summed E-state index contributed by atoms with van der Waals surface area (Å²) in [7, 11) is 0. The molecule has 75 heavy (non-hydrogen) atoms. The zero-order chi connectivity index (χ0) is 54.3. The summed E-state index contributed by atoms with van der Waals surface area (Å²) in [6.07, 6.45) is 83.1. The minimum atomic E-state index is -0.803. The number of carbonyl (C=O) groups excluding carboxylic acids is 3. The van der Waals surface area contributed by atoms with Crippen LogP contribution in [0.4, 0.5) is 0 Å². The van der Waals surface area contributed by atoms with Crippen LogP contribution in [0.5, 0.6) is 0 Å². The predicted octanol–water partition coefficient (Wildman–Crippen LogP) is 21.9. The summed E-state index contributed by atoms with van der Waals surface area (Å²) in [5.74, 6) is -0.934. The Morgan fingerprint density at radius 2 is 0.520 bits per heavy atom. The van der Waals surface area contributed by atoms with Crippen LogP contribution >= 0.6 is 0 Å². The molecular formula is C69H120O6. The molecule has 0 aliphatic heterocycles. The Balaban J connectivity index is 4.40. The Labute approximate surface area is 465 Å². The molecule has 432 valence electrons. The number of hydrogen-bond donors (Lipinski definition) is 0. The second kappa shape index (κ2) is 63.1. The lowest BCUT2D eigenvalue weighted by molar-refractivity contribution is -0.167. The van der Waals surface area contributed by atoms with Crippen molar-refractivity contribution in [2.45, 2.75) is 322 Å². The van der Waals surface area contributed by atoms with Crippen molar-refractivity contribution in [2.75, 3.05) is 13.2 Å². The van der Waals surface area contributed by atoms with Gasteiger partial charge in [0.25, 0.3) is 0 Å². The SMILES string of the molecule is CC/C=C\C/C=C\C/C=C\C/C=C\C/C=C\C/C=C\CCCCC(=O)OC(COC(=O)CCCCCCC/C=C\CCCCCCC)COC(=O)CCCCCCCCCCCCCCCCCCCCCCCC. The number of carbonyl (C=O) groups is 3. The highest BCUT2D eigenvalue weighted by molar-refractivity contribution is 5.71. The molecule has 0 aromatic rings. The monoisotopic (exact) mass is 1040 g/mol. The van der Waals surface area contributed by atoms with Crippen LogP contribution in [0.15, 0.2) is 85.1 Å². The van der Waals surface area contributed by atoms with Crippen molar-refractivity contribution >= 4 is 17.9 Å². The predicted molar refractivity (Wildman–Crippen MR) is 325 cm³/mol. The molecule has 0 saturated carbocycles. The molecule has 1 atom stereocenters. The van der Waals surface area contributed by atoms with Crippen LogP contribution in [0.25, 0.3) is 0 Å². The molecule has 0 saturated heterocycles. The van der Waals surface area contributed by atoms with E-state index in [0.29, 0.717) is 19.3 Å². The van der Waals surface area contributed by atoms with Crippen LogP contribution in [-0.4, -0.2) is 37.2 Å². The standard InChI is InChI=1S/C69H120O6/c1-4-7-10-13-16-19-22-25-28-30-32-34-36-37-39-41-44-47-50-53-56-59-62-68(71)74-65-66(64-73-67(70)61-58-55-52-49-46-43-27-24-21-18-15-12-9-6-3)75-69(72)63-60-57-54-51-48-45-42-40-38-35-33-31-29-26-23-20-17-14-11-8-5-2/h8,11,17,20,24,26-27,29,33,35,40,42,48,51,66H,4-7,9-10,12-16,18-19,21-23,25,28,30-32,34,36-39,41,43-47,49-50,52-65H2,1-3H3/b11-8-,20-17-,27-24-,29-26-,35-33-,42-40-,51-48-. The summed E-state index contributed by atoms with van der Waals surface area (Å²) < 4.78 is 16.9. The van der Waals surface area contributed by atoms with Gasteiger partial charge in [0.2, 0.25) is 0 Å². The van der Waals surface area contributed by atoms with Crippen LogP contribution in [0.2, 0.25) is 0 Å². The summed E-state index contributed by atoms with van der Waals surface area (Å²) in [4.78, 5) is 38.3. The van der Waals surface area contributed by atoms with Crippen molar-refractivity contribution in [3.8, 4) is 0 Å². The molecule has 6 nitrogen and oxygen atoms in total. The lowest BCUT2D eigenvalue weighted by Gasteiger charge is -2.18. The second-order valence-corrected chi connectivity index (χ2v) is 21.3. The van der Waals surface area contributed by atoms with Crippen molar-refractivity contribution in [1.82, 2.24) is 0 Å². The van der Waals surface area contributed by atoms with Gasteiger partial charge in [-0.25, -0.2) is 0 Å². The quantitative estimate of drug-likeness (QED) is 0.0261. The molecule has 0 aliphatic carbocycles. The highest BCUT2D eigenvalue weighted by Crippen LogP contribution is 2.17. The lowest BCUT2D eigenvalue weighted by atomic mass is 10.0. The van der Waals surface area contributed by atoms with E-state index in [4.69, 9.17) is 14.2 Å². The van der Waals surface area contributed by atoms with E-state index in [1.807, 2.05) is 0 Å². The Kier molecular flexibility index (Phi) is 60.3. The van der Waals surface area contributed by atoms with Crippen molar-refractivity contribution < 1.29 is 28.6 Å². The number of rotatable bonds is 58. The summed E-state index contributed by atoms with van der Waals surface area (Å²) in [5, 5.41) is 0. The first-order valence-electron chi connectivity index (χ1n) is 32.1. The molecule has 6 heteroatoms. The lowest BCUT2D eigenvalue weighted by Crippen LogP contribution is -2.30. The number of ether oxygens (including phenoxy) is 3. The van der Waals surface area contributed by atoms with Gasteiger partial charge in [-0.1, -0.05) is 286 Å². The Hall–Kier alpha value is -3.41. The first kappa shape index (κ1) is 71.6. The molecule has 0 aromatic heterocycles. The van der Waals surface area contributed by atoms with E-state index in [2.05, 4.69) is 106 Å². The minimum Gasteiger partial charge on any atom is -0.462 e. The van der Waals surface area contributed by atoms with Gasteiger partial charge in [0, 0.05) is 19.3 Å². The Bertz CT molecular complexity index is 1430. The van der Waals surface area contributed by atoms with Crippen LogP contribution in [0, 0.1) is 0 Å². The molecule has 0 rings (SSSR count). The van der Waals surface area contributed by atoms with Crippen molar-refractivity contribution in [3.63, 3.8) is 0 Å².